The normalized spacial score (nSPS) is 10.4. The summed E-state index contributed by atoms with van der Waals surface area (Å²) in [7, 11) is 3.15. The number of hydrogen-bond donors (Lipinski definition) is 1. The van der Waals surface area contributed by atoms with Gasteiger partial charge in [0.05, 0.1) is 19.9 Å². The van der Waals surface area contributed by atoms with E-state index in [1.165, 1.54) is 0 Å². The van der Waals surface area contributed by atoms with Gasteiger partial charge in [-0.2, -0.15) is 5.10 Å². The smallest absolute Gasteiger partial charge is 0.356 e. The van der Waals surface area contributed by atoms with Gasteiger partial charge in [-0.05, 0) is 24.6 Å². The fraction of sp³-hybridized carbons (Fsp3) is 0.333. The highest BCUT2D eigenvalue weighted by molar-refractivity contribution is 5.87. The summed E-state index contributed by atoms with van der Waals surface area (Å²) in [6.07, 6.45) is 0.853. The molecule has 1 N–H and O–H groups in total. The zero-order valence-electron chi connectivity index (χ0n) is 12.3. The third kappa shape index (κ3) is 2.99. The lowest BCUT2D eigenvalue weighted by Crippen LogP contribution is -2.04. The third-order valence-electron chi connectivity index (χ3n) is 3.12. The first-order valence-corrected chi connectivity index (χ1v) is 6.64. The van der Waals surface area contributed by atoms with E-state index in [9.17, 15) is 4.79 Å². The van der Waals surface area contributed by atoms with Crippen LogP contribution in [0.1, 0.15) is 23.8 Å². The van der Waals surface area contributed by atoms with E-state index in [-0.39, 0.29) is 5.69 Å². The van der Waals surface area contributed by atoms with Gasteiger partial charge in [0.1, 0.15) is 11.5 Å². The molecule has 112 valence electrons. The lowest BCUT2D eigenvalue weighted by Gasteiger charge is -2.11. The van der Waals surface area contributed by atoms with E-state index in [1.807, 2.05) is 19.1 Å². The standard InChI is InChI=1S/C15H18N2O4/c1-4-7-17-13(9-12(16-17)15(18)19)11-6-5-10(20-2)8-14(11)21-3/h5-6,8-9H,4,7H2,1-3H3,(H,18,19). The van der Waals surface area contributed by atoms with Crippen molar-refractivity contribution in [2.45, 2.75) is 19.9 Å². The number of aryl methyl sites for hydroxylation is 1. The highest BCUT2D eigenvalue weighted by Gasteiger charge is 2.17. The first kappa shape index (κ1) is 14.9. The van der Waals surface area contributed by atoms with Crippen molar-refractivity contribution >= 4 is 5.97 Å². The SMILES string of the molecule is CCCn1nc(C(=O)O)cc1-c1ccc(OC)cc1OC. The predicted molar refractivity (Wildman–Crippen MR) is 78.0 cm³/mol. The average Bonchev–Trinajstić information content (AvgIpc) is 2.91. The van der Waals surface area contributed by atoms with Gasteiger partial charge in [0.25, 0.3) is 0 Å². The summed E-state index contributed by atoms with van der Waals surface area (Å²) in [5.41, 5.74) is 1.52. The molecule has 1 heterocycles. The highest BCUT2D eigenvalue weighted by atomic mass is 16.5. The summed E-state index contributed by atoms with van der Waals surface area (Å²) in [5, 5.41) is 13.2. The quantitative estimate of drug-likeness (QED) is 0.885. The Kier molecular flexibility index (Phi) is 4.47. The van der Waals surface area contributed by atoms with Crippen LogP contribution in [-0.4, -0.2) is 35.1 Å². The van der Waals surface area contributed by atoms with Crippen molar-refractivity contribution in [1.29, 1.82) is 0 Å². The molecule has 6 nitrogen and oxygen atoms in total. The van der Waals surface area contributed by atoms with Crippen molar-refractivity contribution in [3.8, 4) is 22.8 Å². The van der Waals surface area contributed by atoms with Crippen LogP contribution in [0.3, 0.4) is 0 Å². The minimum Gasteiger partial charge on any atom is -0.497 e. The second kappa shape index (κ2) is 6.30. The third-order valence-corrected chi connectivity index (χ3v) is 3.12. The van der Waals surface area contributed by atoms with Crippen LogP contribution < -0.4 is 9.47 Å². The van der Waals surface area contributed by atoms with E-state index >= 15 is 0 Å². The molecule has 0 amide bonds. The van der Waals surface area contributed by atoms with E-state index in [0.717, 1.165) is 12.0 Å². The van der Waals surface area contributed by atoms with E-state index < -0.39 is 5.97 Å². The van der Waals surface area contributed by atoms with Gasteiger partial charge in [-0.15, -0.1) is 0 Å². The van der Waals surface area contributed by atoms with E-state index in [0.29, 0.717) is 23.7 Å². The number of aromatic nitrogens is 2. The molecule has 0 saturated carbocycles. The number of hydrogen-bond acceptors (Lipinski definition) is 4. The molecule has 0 aliphatic carbocycles. The minimum atomic E-state index is -1.04. The molecule has 2 aromatic rings. The van der Waals surface area contributed by atoms with Crippen LogP contribution in [-0.2, 0) is 6.54 Å². The molecule has 21 heavy (non-hydrogen) atoms. The number of nitrogens with zero attached hydrogens (tertiary/aromatic N) is 2. The fourth-order valence-electron chi connectivity index (χ4n) is 2.13. The molecule has 0 fully saturated rings. The van der Waals surface area contributed by atoms with Gasteiger partial charge < -0.3 is 14.6 Å². The minimum absolute atomic E-state index is 0.0244. The molecular formula is C15H18N2O4. The summed E-state index contributed by atoms with van der Waals surface area (Å²) in [6, 6.07) is 6.97. The van der Waals surface area contributed by atoms with E-state index in [4.69, 9.17) is 14.6 Å². The van der Waals surface area contributed by atoms with Crippen LogP contribution in [0.25, 0.3) is 11.3 Å². The fourth-order valence-corrected chi connectivity index (χ4v) is 2.13. The molecule has 0 atom stereocenters. The van der Waals surface area contributed by atoms with Crippen molar-refractivity contribution in [2.75, 3.05) is 14.2 Å². The Balaban J connectivity index is 2.56. The van der Waals surface area contributed by atoms with E-state index in [1.54, 1.807) is 31.0 Å². The Morgan fingerprint density at radius 2 is 2.05 bits per heavy atom. The number of benzene rings is 1. The zero-order valence-corrected chi connectivity index (χ0v) is 12.3. The summed E-state index contributed by atoms with van der Waals surface area (Å²) in [6.45, 7) is 2.65. The Labute approximate surface area is 122 Å². The second-order valence-corrected chi connectivity index (χ2v) is 4.51. The molecule has 0 spiro atoms. The molecule has 0 radical (unpaired) electrons. The summed E-state index contributed by atoms with van der Waals surface area (Å²) in [4.78, 5) is 11.1. The Bertz CT molecular complexity index is 649. The number of carboxylic acid groups (broad SMARTS) is 1. The highest BCUT2D eigenvalue weighted by Crippen LogP contribution is 2.33. The maximum atomic E-state index is 11.1. The monoisotopic (exact) mass is 290 g/mol. The molecule has 6 heteroatoms. The second-order valence-electron chi connectivity index (χ2n) is 4.51. The molecule has 1 aromatic heterocycles. The van der Waals surface area contributed by atoms with Gasteiger partial charge in [-0.25, -0.2) is 4.79 Å². The molecule has 0 aliphatic heterocycles. The van der Waals surface area contributed by atoms with Crippen molar-refractivity contribution in [3.63, 3.8) is 0 Å². The summed E-state index contributed by atoms with van der Waals surface area (Å²) < 4.78 is 12.2. The largest absolute Gasteiger partial charge is 0.497 e. The Morgan fingerprint density at radius 3 is 2.62 bits per heavy atom. The van der Waals surface area contributed by atoms with E-state index in [2.05, 4.69) is 5.10 Å². The topological polar surface area (TPSA) is 73.6 Å². The molecule has 0 saturated heterocycles. The van der Waals surface area contributed by atoms with Gasteiger partial charge in [-0.1, -0.05) is 6.92 Å². The summed E-state index contributed by atoms with van der Waals surface area (Å²) in [5.74, 6) is 0.248. The number of rotatable bonds is 6. The van der Waals surface area contributed by atoms with Crippen LogP contribution in [0.4, 0.5) is 0 Å². The number of carbonyl (C=O) groups is 1. The zero-order chi connectivity index (χ0) is 15.4. The van der Waals surface area contributed by atoms with Gasteiger partial charge in [0.2, 0.25) is 0 Å². The van der Waals surface area contributed by atoms with Gasteiger partial charge in [-0.3, -0.25) is 4.68 Å². The molecule has 0 unspecified atom stereocenters. The predicted octanol–water partition coefficient (Wildman–Crippen LogP) is 2.68. The van der Waals surface area contributed by atoms with Crippen LogP contribution in [0.2, 0.25) is 0 Å². The average molecular weight is 290 g/mol. The maximum absolute atomic E-state index is 11.1. The summed E-state index contributed by atoms with van der Waals surface area (Å²) >= 11 is 0. The van der Waals surface area contributed by atoms with Gasteiger partial charge >= 0.3 is 5.97 Å². The van der Waals surface area contributed by atoms with Crippen LogP contribution in [0.15, 0.2) is 24.3 Å². The number of aromatic carboxylic acids is 1. The molecule has 0 bridgehead atoms. The molecule has 2 rings (SSSR count). The number of ether oxygens (including phenoxy) is 2. The van der Waals surface area contributed by atoms with Crippen molar-refractivity contribution in [2.24, 2.45) is 0 Å². The first-order chi connectivity index (χ1) is 10.1. The van der Waals surface area contributed by atoms with Gasteiger partial charge in [0, 0.05) is 18.2 Å². The molecular weight excluding hydrogens is 272 g/mol. The molecule has 0 aliphatic rings. The van der Waals surface area contributed by atoms with Crippen LogP contribution >= 0.6 is 0 Å². The maximum Gasteiger partial charge on any atom is 0.356 e. The van der Waals surface area contributed by atoms with Crippen molar-refractivity contribution < 1.29 is 19.4 Å². The number of methoxy groups -OCH3 is 2. The first-order valence-electron chi connectivity index (χ1n) is 6.64. The van der Waals surface area contributed by atoms with Crippen molar-refractivity contribution in [3.05, 3.63) is 30.0 Å². The van der Waals surface area contributed by atoms with Crippen molar-refractivity contribution in [1.82, 2.24) is 9.78 Å². The lowest BCUT2D eigenvalue weighted by atomic mass is 10.1. The van der Waals surface area contributed by atoms with Crippen LogP contribution in [0.5, 0.6) is 11.5 Å². The Morgan fingerprint density at radius 1 is 1.29 bits per heavy atom. The van der Waals surface area contributed by atoms with Crippen LogP contribution in [0, 0.1) is 0 Å². The Hall–Kier alpha value is -2.50. The lowest BCUT2D eigenvalue weighted by molar-refractivity contribution is 0.0689. The molecule has 1 aromatic carbocycles. The number of carboxylic acids is 1. The van der Waals surface area contributed by atoms with Gasteiger partial charge in [0.15, 0.2) is 5.69 Å².